The second-order valence-corrected chi connectivity index (χ2v) is 10.2. The molecule has 2 aromatic carbocycles. The molecule has 0 saturated heterocycles. The first-order valence-electron chi connectivity index (χ1n) is 11.5. The highest BCUT2D eigenvalue weighted by Crippen LogP contribution is 2.41. The lowest BCUT2D eigenvalue weighted by molar-refractivity contribution is 0.280. The summed E-state index contributed by atoms with van der Waals surface area (Å²) in [6.07, 6.45) is 6.91. The Kier molecular flexibility index (Phi) is 12.9. The summed E-state index contributed by atoms with van der Waals surface area (Å²) in [5.41, 5.74) is 7.27. The number of allylic oxidation sites excluding steroid dienone is 3. The molecule has 1 nitrogen and oxygen atoms in total. The smallest absolute Gasteiger partial charge is 0.0690 e. The van der Waals surface area contributed by atoms with E-state index in [1.54, 1.807) is 17.8 Å². The van der Waals surface area contributed by atoms with E-state index < -0.39 is 0 Å². The molecule has 174 valence electrons. The molecule has 0 aliphatic carbocycles. The van der Waals surface area contributed by atoms with Crippen LogP contribution in [0.4, 0.5) is 0 Å². The second-order valence-electron chi connectivity index (χ2n) is 8.48. The molecule has 3 heteroatoms. The van der Waals surface area contributed by atoms with Crippen LogP contribution in [0.15, 0.2) is 66.6 Å². The number of rotatable bonds is 9. The predicted octanol–water partition coefficient (Wildman–Crippen LogP) is 8.50. The van der Waals surface area contributed by atoms with Crippen LogP contribution in [0.5, 0.6) is 0 Å². The standard InChI is InChI=1S/C26H33OPS.C3H8/c1-7-9-21(8-2)29-16-25-23(18(5)6)14-22(17(3)4)24(15-27)26(25)19-10-12-20(28)13-11-19;1-3-2/h7-14,17-18,27H,1-2,15-16,28H2,3-6H3;3H2,1-2H3/b21-9+;. The number of hydrogen-bond acceptors (Lipinski definition) is 2. The summed E-state index contributed by atoms with van der Waals surface area (Å²) in [6.45, 7) is 20.9. The van der Waals surface area contributed by atoms with E-state index in [0.29, 0.717) is 11.8 Å². The third-order valence-corrected chi connectivity index (χ3v) is 6.53. The zero-order valence-electron chi connectivity index (χ0n) is 20.7. The quantitative estimate of drug-likeness (QED) is 0.294. The van der Waals surface area contributed by atoms with Crippen molar-refractivity contribution in [3.63, 3.8) is 0 Å². The number of thioether (sulfide) groups is 1. The van der Waals surface area contributed by atoms with Crippen molar-refractivity contribution >= 4 is 26.3 Å². The van der Waals surface area contributed by atoms with Crippen LogP contribution in [0.2, 0.25) is 0 Å². The maximum absolute atomic E-state index is 10.4. The van der Waals surface area contributed by atoms with Gasteiger partial charge < -0.3 is 5.11 Å². The molecule has 0 aromatic heterocycles. The molecular weight excluding hydrogens is 427 g/mol. The van der Waals surface area contributed by atoms with Gasteiger partial charge in [-0.15, -0.1) is 21.0 Å². The van der Waals surface area contributed by atoms with E-state index in [-0.39, 0.29) is 6.61 Å². The van der Waals surface area contributed by atoms with Gasteiger partial charge in [0.15, 0.2) is 0 Å². The van der Waals surface area contributed by atoms with E-state index in [4.69, 9.17) is 0 Å². The van der Waals surface area contributed by atoms with E-state index in [1.165, 1.54) is 28.7 Å². The van der Waals surface area contributed by atoms with Gasteiger partial charge in [-0.1, -0.05) is 104 Å². The van der Waals surface area contributed by atoms with Crippen molar-refractivity contribution in [1.29, 1.82) is 0 Å². The van der Waals surface area contributed by atoms with Gasteiger partial charge in [-0.3, -0.25) is 0 Å². The molecule has 32 heavy (non-hydrogen) atoms. The fraction of sp³-hybridized carbons (Fsp3) is 0.379. The minimum Gasteiger partial charge on any atom is -0.392 e. The van der Waals surface area contributed by atoms with Crippen molar-refractivity contribution in [3.8, 4) is 11.1 Å². The van der Waals surface area contributed by atoms with Gasteiger partial charge in [0.05, 0.1) is 6.61 Å². The molecule has 0 bridgehead atoms. The molecule has 2 rings (SSSR count). The van der Waals surface area contributed by atoms with Crippen LogP contribution in [-0.2, 0) is 12.4 Å². The van der Waals surface area contributed by atoms with E-state index in [2.05, 4.69) is 94.3 Å². The second kappa shape index (κ2) is 14.5. The minimum absolute atomic E-state index is 0.0400. The first-order valence-corrected chi connectivity index (χ1v) is 13.0. The van der Waals surface area contributed by atoms with Gasteiger partial charge >= 0.3 is 0 Å². The largest absolute Gasteiger partial charge is 0.392 e. The Hall–Kier alpha value is -1.60. The van der Waals surface area contributed by atoms with Crippen LogP contribution in [0.1, 0.15) is 82.1 Å². The molecule has 0 heterocycles. The molecular formula is C29H41OPS. The van der Waals surface area contributed by atoms with Crippen molar-refractivity contribution < 1.29 is 5.11 Å². The zero-order valence-corrected chi connectivity index (χ0v) is 22.7. The van der Waals surface area contributed by atoms with Gasteiger partial charge in [-0.2, -0.15) is 0 Å². The van der Waals surface area contributed by atoms with Gasteiger partial charge in [0.1, 0.15) is 0 Å². The van der Waals surface area contributed by atoms with E-state index in [0.717, 1.165) is 27.1 Å². The molecule has 2 aromatic rings. The summed E-state index contributed by atoms with van der Waals surface area (Å²) >= 11 is 1.76. The predicted molar refractivity (Wildman–Crippen MR) is 151 cm³/mol. The van der Waals surface area contributed by atoms with Crippen molar-refractivity contribution in [3.05, 3.63) is 88.9 Å². The van der Waals surface area contributed by atoms with E-state index >= 15 is 0 Å². The van der Waals surface area contributed by atoms with Crippen LogP contribution in [-0.4, -0.2) is 5.11 Å². The Morgan fingerprint density at radius 3 is 1.97 bits per heavy atom. The van der Waals surface area contributed by atoms with Crippen LogP contribution in [0.25, 0.3) is 11.1 Å². The molecule has 0 radical (unpaired) electrons. The summed E-state index contributed by atoms with van der Waals surface area (Å²) in [5.74, 6) is 1.56. The normalized spacial score (nSPS) is 11.4. The van der Waals surface area contributed by atoms with Crippen molar-refractivity contribution in [1.82, 2.24) is 0 Å². The van der Waals surface area contributed by atoms with Gasteiger partial charge in [0.2, 0.25) is 0 Å². The molecule has 0 amide bonds. The average Bonchev–Trinajstić information content (AvgIpc) is 2.76. The Balaban J connectivity index is 0.00000161. The lowest BCUT2D eigenvalue weighted by Gasteiger charge is -2.25. The monoisotopic (exact) mass is 468 g/mol. The maximum atomic E-state index is 10.4. The van der Waals surface area contributed by atoms with Gasteiger partial charge in [0, 0.05) is 10.7 Å². The summed E-state index contributed by atoms with van der Waals surface area (Å²) in [6, 6.07) is 10.9. The number of aliphatic hydroxyl groups excluding tert-OH is 1. The first kappa shape index (κ1) is 28.4. The summed E-state index contributed by atoms with van der Waals surface area (Å²) < 4.78 is 0. The van der Waals surface area contributed by atoms with Crippen LogP contribution in [0.3, 0.4) is 0 Å². The molecule has 0 aliphatic heterocycles. The van der Waals surface area contributed by atoms with Gasteiger partial charge in [-0.05, 0) is 56.6 Å². The van der Waals surface area contributed by atoms with Crippen LogP contribution in [0, 0.1) is 0 Å². The van der Waals surface area contributed by atoms with Crippen LogP contribution < -0.4 is 5.30 Å². The fourth-order valence-electron chi connectivity index (χ4n) is 3.61. The topological polar surface area (TPSA) is 20.2 Å². The highest BCUT2D eigenvalue weighted by molar-refractivity contribution is 8.02. The maximum Gasteiger partial charge on any atom is 0.0690 e. The Bertz CT molecular complexity index is 908. The molecule has 1 unspecified atom stereocenters. The number of benzene rings is 2. The Morgan fingerprint density at radius 1 is 1.00 bits per heavy atom. The highest BCUT2D eigenvalue weighted by Gasteiger charge is 2.22. The fourth-order valence-corrected chi connectivity index (χ4v) is 4.74. The molecule has 0 spiro atoms. The van der Waals surface area contributed by atoms with Gasteiger partial charge in [0.25, 0.3) is 0 Å². The van der Waals surface area contributed by atoms with Gasteiger partial charge in [-0.25, -0.2) is 0 Å². The average molecular weight is 469 g/mol. The Morgan fingerprint density at radius 2 is 1.53 bits per heavy atom. The summed E-state index contributed by atoms with van der Waals surface area (Å²) in [5, 5.41) is 11.5. The summed E-state index contributed by atoms with van der Waals surface area (Å²) in [4.78, 5) is 1.10. The lowest BCUT2D eigenvalue weighted by atomic mass is 9.82. The van der Waals surface area contributed by atoms with E-state index in [9.17, 15) is 5.11 Å². The molecule has 1 atom stereocenters. The third kappa shape index (κ3) is 7.77. The molecule has 0 aliphatic rings. The minimum atomic E-state index is 0.0400. The van der Waals surface area contributed by atoms with Crippen molar-refractivity contribution in [2.75, 3.05) is 0 Å². The van der Waals surface area contributed by atoms with Crippen molar-refractivity contribution in [2.45, 2.75) is 72.2 Å². The molecule has 0 saturated carbocycles. The number of hydrogen-bond donors (Lipinski definition) is 1. The summed E-state index contributed by atoms with van der Waals surface area (Å²) in [7, 11) is 2.74. The first-order chi connectivity index (χ1) is 15.2. The van der Waals surface area contributed by atoms with E-state index in [1.807, 2.05) is 12.2 Å². The Labute approximate surface area is 203 Å². The van der Waals surface area contributed by atoms with Crippen molar-refractivity contribution in [2.24, 2.45) is 0 Å². The lowest BCUT2D eigenvalue weighted by Crippen LogP contribution is -2.08. The van der Waals surface area contributed by atoms with Crippen LogP contribution >= 0.6 is 21.0 Å². The molecule has 0 fully saturated rings. The third-order valence-electron chi connectivity index (χ3n) is 5.08. The molecule has 1 N–H and O–H groups in total. The number of aliphatic hydroxyl groups is 1. The highest BCUT2D eigenvalue weighted by atomic mass is 32.2. The zero-order chi connectivity index (χ0) is 24.3. The SMILES string of the molecule is C=C/C=C(\C=C)SCc1c(C(C)C)cc(C(C)C)c(CO)c1-c1ccc(P)cc1.CCC.